The van der Waals surface area contributed by atoms with Crippen molar-refractivity contribution >= 4 is 17.7 Å². The van der Waals surface area contributed by atoms with Gasteiger partial charge in [-0.2, -0.15) is 11.8 Å². The van der Waals surface area contributed by atoms with E-state index in [1.54, 1.807) is 7.05 Å². The van der Waals surface area contributed by atoms with Gasteiger partial charge in [0, 0.05) is 32.4 Å². The molecule has 0 radical (unpaired) electrons. The van der Waals surface area contributed by atoms with E-state index in [1.165, 1.54) is 5.56 Å². The van der Waals surface area contributed by atoms with Crippen LogP contribution in [0.2, 0.25) is 0 Å². The van der Waals surface area contributed by atoms with Crippen LogP contribution < -0.4 is 15.4 Å². The third-order valence-electron chi connectivity index (χ3n) is 3.78. The molecule has 0 spiro atoms. The topological polar surface area (TPSA) is 48.9 Å². The van der Waals surface area contributed by atoms with E-state index in [-0.39, 0.29) is 0 Å². The largest absolute Gasteiger partial charge is 0.492 e. The average Bonchev–Trinajstić information content (AvgIpc) is 2.63. The van der Waals surface area contributed by atoms with Crippen LogP contribution in [0.4, 0.5) is 0 Å². The number of aliphatic imine (C=N–C) groups is 1. The fraction of sp³-hybridized carbons (Fsp3) is 0.611. The van der Waals surface area contributed by atoms with Crippen LogP contribution >= 0.6 is 11.8 Å². The van der Waals surface area contributed by atoms with Crippen molar-refractivity contribution in [1.82, 2.24) is 15.5 Å². The molecule has 0 atom stereocenters. The van der Waals surface area contributed by atoms with Crippen molar-refractivity contribution in [2.75, 3.05) is 51.8 Å². The van der Waals surface area contributed by atoms with Crippen LogP contribution in [0.5, 0.6) is 5.75 Å². The second-order valence-electron chi connectivity index (χ2n) is 5.36. The van der Waals surface area contributed by atoms with Crippen LogP contribution in [-0.4, -0.2) is 62.7 Å². The number of hydrogen-bond donors (Lipinski definition) is 2. The summed E-state index contributed by atoms with van der Waals surface area (Å²) in [5, 5.41) is 6.61. The van der Waals surface area contributed by atoms with Gasteiger partial charge in [0.2, 0.25) is 0 Å². The van der Waals surface area contributed by atoms with Crippen molar-refractivity contribution < 1.29 is 4.74 Å². The minimum atomic E-state index is 0.727. The molecule has 0 aliphatic carbocycles. The quantitative estimate of drug-likeness (QED) is 0.364. The maximum atomic E-state index is 5.81. The lowest BCUT2D eigenvalue weighted by molar-refractivity contribution is 0.223. The Kier molecular flexibility index (Phi) is 11.1. The van der Waals surface area contributed by atoms with Gasteiger partial charge in [-0.15, -0.1) is 0 Å². The molecule has 136 valence electrons. The Morgan fingerprint density at radius 1 is 1.17 bits per heavy atom. The monoisotopic (exact) mass is 352 g/mol. The normalized spacial score (nSPS) is 11.6. The van der Waals surface area contributed by atoms with Crippen molar-refractivity contribution in [3.8, 4) is 5.75 Å². The zero-order chi connectivity index (χ0) is 17.6. The predicted octanol–water partition coefficient (Wildman–Crippen LogP) is 2.44. The SMILES string of the molecule is CCN(CC)CCOc1ccc(CNC(=NC)NCCSC)cc1. The molecule has 0 fully saturated rings. The van der Waals surface area contributed by atoms with Gasteiger partial charge in [-0.05, 0) is 37.0 Å². The molecule has 1 aromatic rings. The lowest BCUT2D eigenvalue weighted by Gasteiger charge is -2.18. The molecule has 2 N–H and O–H groups in total. The van der Waals surface area contributed by atoms with Gasteiger partial charge < -0.3 is 20.3 Å². The van der Waals surface area contributed by atoms with E-state index in [9.17, 15) is 0 Å². The van der Waals surface area contributed by atoms with Crippen molar-refractivity contribution in [2.45, 2.75) is 20.4 Å². The van der Waals surface area contributed by atoms with Gasteiger partial charge in [-0.3, -0.25) is 4.99 Å². The lowest BCUT2D eigenvalue weighted by Crippen LogP contribution is -2.37. The van der Waals surface area contributed by atoms with E-state index in [2.05, 4.69) is 52.8 Å². The maximum absolute atomic E-state index is 5.81. The summed E-state index contributed by atoms with van der Waals surface area (Å²) in [7, 11) is 1.79. The molecule has 24 heavy (non-hydrogen) atoms. The molecule has 0 saturated heterocycles. The van der Waals surface area contributed by atoms with Gasteiger partial charge in [-0.1, -0.05) is 26.0 Å². The zero-order valence-corrected chi connectivity index (χ0v) is 16.3. The number of likely N-dealkylation sites (N-methyl/N-ethyl adjacent to an activating group) is 1. The minimum absolute atomic E-state index is 0.727. The molecule has 5 nitrogen and oxygen atoms in total. The third kappa shape index (κ3) is 8.45. The third-order valence-corrected chi connectivity index (χ3v) is 4.39. The van der Waals surface area contributed by atoms with Gasteiger partial charge >= 0.3 is 0 Å². The van der Waals surface area contributed by atoms with E-state index in [0.29, 0.717) is 0 Å². The highest BCUT2D eigenvalue weighted by molar-refractivity contribution is 7.98. The van der Waals surface area contributed by atoms with Gasteiger partial charge in [0.1, 0.15) is 12.4 Å². The molecule has 0 saturated carbocycles. The highest BCUT2D eigenvalue weighted by Gasteiger charge is 2.01. The van der Waals surface area contributed by atoms with Crippen molar-refractivity contribution in [2.24, 2.45) is 4.99 Å². The highest BCUT2D eigenvalue weighted by atomic mass is 32.2. The summed E-state index contributed by atoms with van der Waals surface area (Å²) in [5.41, 5.74) is 1.21. The summed E-state index contributed by atoms with van der Waals surface area (Å²) in [4.78, 5) is 6.58. The smallest absolute Gasteiger partial charge is 0.191 e. The molecular weight excluding hydrogens is 320 g/mol. The fourth-order valence-electron chi connectivity index (χ4n) is 2.21. The Morgan fingerprint density at radius 2 is 1.88 bits per heavy atom. The van der Waals surface area contributed by atoms with E-state index in [1.807, 2.05) is 23.9 Å². The van der Waals surface area contributed by atoms with Crippen LogP contribution in [-0.2, 0) is 6.54 Å². The Labute approximate surface area is 151 Å². The second-order valence-corrected chi connectivity index (χ2v) is 6.35. The summed E-state index contributed by atoms with van der Waals surface area (Å²) in [6.07, 6.45) is 2.10. The fourth-order valence-corrected chi connectivity index (χ4v) is 2.52. The van der Waals surface area contributed by atoms with Crippen LogP contribution in [0.1, 0.15) is 19.4 Å². The summed E-state index contributed by atoms with van der Waals surface area (Å²) < 4.78 is 5.81. The number of nitrogens with zero attached hydrogens (tertiary/aromatic N) is 2. The van der Waals surface area contributed by atoms with E-state index >= 15 is 0 Å². The lowest BCUT2D eigenvalue weighted by atomic mass is 10.2. The van der Waals surface area contributed by atoms with Crippen molar-refractivity contribution in [3.05, 3.63) is 29.8 Å². The molecule has 0 unspecified atom stereocenters. The van der Waals surface area contributed by atoms with E-state index < -0.39 is 0 Å². The number of ether oxygens (including phenoxy) is 1. The molecule has 1 rings (SSSR count). The Bertz CT molecular complexity index is 461. The van der Waals surface area contributed by atoms with Crippen molar-refractivity contribution in [1.29, 1.82) is 0 Å². The Balaban J connectivity index is 2.33. The summed E-state index contributed by atoms with van der Waals surface area (Å²) >= 11 is 1.82. The highest BCUT2D eigenvalue weighted by Crippen LogP contribution is 2.12. The van der Waals surface area contributed by atoms with Crippen LogP contribution in [0.25, 0.3) is 0 Å². The zero-order valence-electron chi connectivity index (χ0n) is 15.5. The molecular formula is C18H32N4OS. The van der Waals surface area contributed by atoms with E-state index in [4.69, 9.17) is 4.74 Å². The Morgan fingerprint density at radius 3 is 2.46 bits per heavy atom. The summed E-state index contributed by atoms with van der Waals surface area (Å²) in [5.74, 6) is 2.83. The van der Waals surface area contributed by atoms with Gasteiger partial charge in [0.25, 0.3) is 0 Å². The molecule has 6 heteroatoms. The van der Waals surface area contributed by atoms with E-state index in [0.717, 1.165) is 56.8 Å². The molecule has 0 bridgehead atoms. The maximum Gasteiger partial charge on any atom is 0.191 e. The average molecular weight is 353 g/mol. The number of nitrogens with one attached hydrogen (secondary N) is 2. The van der Waals surface area contributed by atoms with Crippen molar-refractivity contribution in [3.63, 3.8) is 0 Å². The first kappa shape index (κ1) is 20.6. The first-order valence-corrected chi connectivity index (χ1v) is 10.00. The predicted molar refractivity (Wildman–Crippen MR) is 106 cm³/mol. The minimum Gasteiger partial charge on any atom is -0.492 e. The van der Waals surface area contributed by atoms with Gasteiger partial charge in [-0.25, -0.2) is 0 Å². The first-order chi connectivity index (χ1) is 11.7. The van der Waals surface area contributed by atoms with Gasteiger partial charge in [0.15, 0.2) is 5.96 Å². The molecule has 0 aromatic heterocycles. The van der Waals surface area contributed by atoms with Crippen LogP contribution in [0.3, 0.4) is 0 Å². The second kappa shape index (κ2) is 13.0. The van der Waals surface area contributed by atoms with Crippen LogP contribution in [0.15, 0.2) is 29.3 Å². The molecule has 0 aliphatic heterocycles. The molecule has 0 amide bonds. The number of benzene rings is 1. The number of thioether (sulfide) groups is 1. The molecule has 1 aromatic carbocycles. The number of rotatable bonds is 11. The standard InChI is InChI=1S/C18H32N4OS/c1-5-22(6-2)12-13-23-17-9-7-16(8-10-17)15-21-18(19-3)20-11-14-24-4/h7-10H,5-6,11-15H2,1-4H3,(H2,19,20,21). The number of guanidine groups is 1. The summed E-state index contributed by atoms with van der Waals surface area (Å²) in [6, 6.07) is 8.25. The molecule has 0 heterocycles. The Hall–Kier alpha value is -1.40. The summed E-state index contributed by atoms with van der Waals surface area (Å²) in [6.45, 7) is 9.84. The van der Waals surface area contributed by atoms with Gasteiger partial charge in [0.05, 0.1) is 0 Å². The number of hydrogen-bond acceptors (Lipinski definition) is 4. The first-order valence-electron chi connectivity index (χ1n) is 8.61. The van der Waals surface area contributed by atoms with Crippen LogP contribution in [0, 0.1) is 0 Å². The molecule has 0 aliphatic rings.